The van der Waals surface area contributed by atoms with Crippen LogP contribution in [0.4, 0.5) is 0 Å². The molecule has 1 unspecified atom stereocenters. The molecule has 2 aliphatic heterocycles. The highest BCUT2D eigenvalue weighted by atomic mass is 32.2. The number of ether oxygens (including phenoxy) is 1. The molecule has 138 valence electrons. The highest BCUT2D eigenvalue weighted by Crippen LogP contribution is 2.38. The molecule has 0 saturated carbocycles. The molecule has 7 heteroatoms. The Hall–Kier alpha value is -2.80. The van der Waals surface area contributed by atoms with Gasteiger partial charge in [-0.05, 0) is 36.8 Å². The third-order valence-corrected chi connectivity index (χ3v) is 5.71. The summed E-state index contributed by atoms with van der Waals surface area (Å²) < 4.78 is 5.52. The van der Waals surface area contributed by atoms with Crippen molar-refractivity contribution in [3.63, 3.8) is 0 Å². The molecule has 2 amide bonds. The zero-order valence-electron chi connectivity index (χ0n) is 14.3. The number of imide groups is 1. The molecule has 2 heterocycles. The summed E-state index contributed by atoms with van der Waals surface area (Å²) in [7, 11) is 0. The number of nitrogens with zero attached hydrogens (tertiary/aromatic N) is 1. The molecule has 2 aromatic carbocycles. The molecule has 0 N–H and O–H groups in total. The normalized spacial score (nSPS) is 17.6. The van der Waals surface area contributed by atoms with Crippen molar-refractivity contribution in [1.29, 1.82) is 0 Å². The molecule has 0 fully saturated rings. The van der Waals surface area contributed by atoms with Crippen LogP contribution in [-0.4, -0.2) is 41.6 Å². The number of aliphatic carboxylic acids is 1. The molecule has 2 aliphatic rings. The van der Waals surface area contributed by atoms with E-state index in [-0.39, 0.29) is 24.2 Å². The number of carboxylic acids is 1. The summed E-state index contributed by atoms with van der Waals surface area (Å²) in [5, 5.41) is 10.9. The van der Waals surface area contributed by atoms with Crippen molar-refractivity contribution in [2.75, 3.05) is 18.9 Å². The molecule has 1 atom stereocenters. The zero-order chi connectivity index (χ0) is 19.0. The van der Waals surface area contributed by atoms with E-state index in [0.29, 0.717) is 35.8 Å². The van der Waals surface area contributed by atoms with E-state index in [1.807, 2.05) is 18.2 Å². The third-order valence-electron chi connectivity index (χ3n) is 4.74. The summed E-state index contributed by atoms with van der Waals surface area (Å²) in [4.78, 5) is 37.8. The van der Waals surface area contributed by atoms with Crippen molar-refractivity contribution in [2.24, 2.45) is 0 Å². The average Bonchev–Trinajstić information content (AvgIpc) is 3.16. The lowest BCUT2D eigenvalue weighted by Crippen LogP contribution is -2.31. The Balaban J connectivity index is 1.40. The molecule has 0 bridgehead atoms. The highest BCUT2D eigenvalue weighted by Gasteiger charge is 2.34. The van der Waals surface area contributed by atoms with Crippen LogP contribution in [0, 0.1) is 0 Å². The van der Waals surface area contributed by atoms with Crippen molar-refractivity contribution in [2.45, 2.75) is 17.2 Å². The van der Waals surface area contributed by atoms with Crippen LogP contribution in [0.1, 0.15) is 38.6 Å². The second-order valence-corrected chi connectivity index (χ2v) is 7.61. The van der Waals surface area contributed by atoms with Gasteiger partial charge in [-0.15, -0.1) is 11.8 Å². The predicted molar refractivity (Wildman–Crippen MR) is 96.8 cm³/mol. The number of rotatable bonds is 6. The molecular weight excluding hydrogens is 366 g/mol. The van der Waals surface area contributed by atoms with Gasteiger partial charge >= 0.3 is 0 Å². The molecule has 0 aromatic heterocycles. The van der Waals surface area contributed by atoms with Crippen LogP contribution < -0.4 is 9.84 Å². The van der Waals surface area contributed by atoms with E-state index in [9.17, 15) is 19.5 Å². The maximum absolute atomic E-state index is 12.4. The first kappa shape index (κ1) is 17.6. The minimum atomic E-state index is -1.10. The Morgan fingerprint density at radius 1 is 1.15 bits per heavy atom. The first-order valence-corrected chi connectivity index (χ1v) is 9.58. The van der Waals surface area contributed by atoms with Crippen molar-refractivity contribution >= 4 is 29.5 Å². The number of hydrogen-bond acceptors (Lipinski definition) is 6. The van der Waals surface area contributed by atoms with Gasteiger partial charge in [0.05, 0.1) is 17.7 Å². The fourth-order valence-electron chi connectivity index (χ4n) is 3.41. The number of hydrogen-bond donors (Lipinski definition) is 0. The fourth-order valence-corrected chi connectivity index (χ4v) is 4.30. The number of benzene rings is 2. The zero-order valence-corrected chi connectivity index (χ0v) is 15.2. The molecule has 27 heavy (non-hydrogen) atoms. The SMILES string of the molecule is O=C([O-])CC1COc2ccc(SCCN3C(=O)c4ccccc4C3=O)cc21. The van der Waals surface area contributed by atoms with Gasteiger partial charge in [0.25, 0.3) is 11.8 Å². The Kier molecular flexibility index (Phi) is 4.61. The van der Waals surface area contributed by atoms with Gasteiger partial charge in [-0.25, -0.2) is 0 Å². The molecule has 0 aliphatic carbocycles. The van der Waals surface area contributed by atoms with E-state index in [0.717, 1.165) is 10.5 Å². The number of carbonyl (C=O) groups is 3. The van der Waals surface area contributed by atoms with E-state index in [4.69, 9.17) is 4.74 Å². The van der Waals surface area contributed by atoms with Crippen LogP contribution in [0.3, 0.4) is 0 Å². The van der Waals surface area contributed by atoms with Crippen LogP contribution in [0.2, 0.25) is 0 Å². The highest BCUT2D eigenvalue weighted by molar-refractivity contribution is 7.99. The third kappa shape index (κ3) is 3.30. The molecule has 0 saturated heterocycles. The molecule has 0 spiro atoms. The van der Waals surface area contributed by atoms with Gasteiger partial charge in [0.2, 0.25) is 0 Å². The largest absolute Gasteiger partial charge is 0.550 e. The molecule has 2 aromatic rings. The standard InChI is InChI=1S/C20H17NO5S/c22-18(23)9-12-11-26-17-6-5-13(10-16(12)17)27-8-7-21-19(24)14-3-1-2-4-15(14)20(21)25/h1-6,10,12H,7-9,11H2,(H,22,23)/p-1. The smallest absolute Gasteiger partial charge is 0.261 e. The van der Waals surface area contributed by atoms with Gasteiger partial charge in [-0.3, -0.25) is 14.5 Å². The van der Waals surface area contributed by atoms with E-state index in [1.54, 1.807) is 24.3 Å². The van der Waals surface area contributed by atoms with Gasteiger partial charge in [0.15, 0.2) is 0 Å². The van der Waals surface area contributed by atoms with Crippen molar-refractivity contribution in [1.82, 2.24) is 4.90 Å². The maximum Gasteiger partial charge on any atom is 0.261 e. The maximum atomic E-state index is 12.4. The first-order chi connectivity index (χ1) is 13.0. The van der Waals surface area contributed by atoms with Crippen LogP contribution in [-0.2, 0) is 4.79 Å². The molecule has 0 radical (unpaired) electrons. The Morgan fingerprint density at radius 2 is 1.85 bits per heavy atom. The topological polar surface area (TPSA) is 86.7 Å². The Labute approximate surface area is 160 Å². The lowest BCUT2D eigenvalue weighted by atomic mass is 9.98. The molecular formula is C20H16NO5S-. The average molecular weight is 382 g/mol. The van der Waals surface area contributed by atoms with Crippen molar-refractivity contribution < 1.29 is 24.2 Å². The summed E-state index contributed by atoms with van der Waals surface area (Å²) >= 11 is 1.51. The number of carbonyl (C=O) groups excluding carboxylic acids is 3. The number of amides is 2. The summed E-state index contributed by atoms with van der Waals surface area (Å²) in [6.45, 7) is 0.652. The number of thioether (sulfide) groups is 1. The van der Waals surface area contributed by atoms with Crippen LogP contribution in [0.5, 0.6) is 5.75 Å². The minimum Gasteiger partial charge on any atom is -0.550 e. The summed E-state index contributed by atoms with van der Waals surface area (Å²) in [6, 6.07) is 12.5. The second-order valence-electron chi connectivity index (χ2n) is 6.44. The van der Waals surface area contributed by atoms with Crippen LogP contribution in [0.15, 0.2) is 47.4 Å². The summed E-state index contributed by atoms with van der Waals surface area (Å²) in [5.74, 6) is -0.566. The summed E-state index contributed by atoms with van der Waals surface area (Å²) in [5.41, 5.74) is 1.77. The molecule has 6 nitrogen and oxygen atoms in total. The van der Waals surface area contributed by atoms with E-state index < -0.39 is 5.97 Å². The van der Waals surface area contributed by atoms with Crippen LogP contribution >= 0.6 is 11.8 Å². The molecule has 4 rings (SSSR count). The van der Waals surface area contributed by atoms with Gasteiger partial charge < -0.3 is 14.6 Å². The number of carboxylic acid groups (broad SMARTS) is 1. The lowest BCUT2D eigenvalue weighted by molar-refractivity contribution is -0.306. The lowest BCUT2D eigenvalue weighted by Gasteiger charge is -2.14. The van der Waals surface area contributed by atoms with Gasteiger partial charge in [-0.1, -0.05) is 12.1 Å². The van der Waals surface area contributed by atoms with E-state index in [2.05, 4.69) is 0 Å². The number of fused-ring (bicyclic) bond motifs is 2. The quantitative estimate of drug-likeness (QED) is 0.558. The van der Waals surface area contributed by atoms with Crippen LogP contribution in [0.25, 0.3) is 0 Å². The van der Waals surface area contributed by atoms with E-state index >= 15 is 0 Å². The van der Waals surface area contributed by atoms with Crippen molar-refractivity contribution in [3.05, 3.63) is 59.2 Å². The predicted octanol–water partition coefficient (Wildman–Crippen LogP) is 1.69. The minimum absolute atomic E-state index is 0.0733. The van der Waals surface area contributed by atoms with Crippen molar-refractivity contribution in [3.8, 4) is 5.75 Å². The van der Waals surface area contributed by atoms with Gasteiger partial charge in [-0.2, -0.15) is 0 Å². The van der Waals surface area contributed by atoms with Gasteiger partial charge in [0, 0.05) is 34.6 Å². The Morgan fingerprint density at radius 3 is 2.52 bits per heavy atom. The fraction of sp³-hybridized carbons (Fsp3) is 0.250. The second kappa shape index (κ2) is 7.08. The summed E-state index contributed by atoms with van der Waals surface area (Å²) in [6.07, 6.45) is -0.0733. The van der Waals surface area contributed by atoms with E-state index in [1.165, 1.54) is 16.7 Å². The first-order valence-electron chi connectivity index (χ1n) is 8.59. The monoisotopic (exact) mass is 382 g/mol. The van der Waals surface area contributed by atoms with Gasteiger partial charge in [0.1, 0.15) is 5.75 Å². The Bertz CT molecular complexity index is 907.